The third-order valence-electron chi connectivity index (χ3n) is 5.74. The third-order valence-corrected chi connectivity index (χ3v) is 6.61. The molecule has 0 bridgehead atoms. The molecule has 5 heteroatoms. The fourth-order valence-electron chi connectivity index (χ4n) is 3.78. The third kappa shape index (κ3) is 14.7. The summed E-state index contributed by atoms with van der Waals surface area (Å²) >= 11 is 0. The van der Waals surface area contributed by atoms with Gasteiger partial charge in [-0.05, 0) is 30.0 Å². The van der Waals surface area contributed by atoms with Crippen molar-refractivity contribution in [2.24, 2.45) is 0 Å². The van der Waals surface area contributed by atoms with E-state index >= 15 is 0 Å². The Balaban J connectivity index is 0.00000784. The summed E-state index contributed by atoms with van der Waals surface area (Å²) in [4.78, 5) is -0.0278. The quantitative estimate of drug-likeness (QED) is 0.159. The van der Waals surface area contributed by atoms with Crippen LogP contribution in [0.4, 0.5) is 0 Å². The summed E-state index contributed by atoms with van der Waals surface area (Å²) in [6.07, 6.45) is 20.3. The first-order valence-electron chi connectivity index (χ1n) is 11.5. The number of hydrogen-bond acceptors (Lipinski definition) is 2. The van der Waals surface area contributed by atoms with Crippen molar-refractivity contribution in [1.82, 2.24) is 0 Å². The molecular formula is C24H43NaO3S. The topological polar surface area (TPSA) is 54.4 Å². The molecule has 0 aliphatic rings. The van der Waals surface area contributed by atoms with E-state index in [0.29, 0.717) is 5.92 Å². The second-order valence-electron chi connectivity index (χ2n) is 8.33. The van der Waals surface area contributed by atoms with E-state index in [1.165, 1.54) is 102 Å². The first-order valence-corrected chi connectivity index (χ1v) is 13.0. The fourth-order valence-corrected chi connectivity index (χ4v) is 4.26. The molecule has 1 rings (SSSR count). The van der Waals surface area contributed by atoms with Gasteiger partial charge in [-0.2, -0.15) is 8.42 Å². The molecule has 1 aromatic rings. The molecule has 0 spiro atoms. The zero-order valence-corrected chi connectivity index (χ0v) is 19.0. The molecule has 3 nitrogen and oxygen atoms in total. The van der Waals surface area contributed by atoms with E-state index in [-0.39, 0.29) is 34.5 Å². The Morgan fingerprint density at radius 2 is 1.10 bits per heavy atom. The Bertz CT molecular complexity index is 599. The standard InChI is InChI=1S/C24H42O3S.Na.H/c1-3-4-5-6-7-8-9-10-11-12-13-14-15-16-17-22(2)23-18-20-24(21-19-23)28(25,26)27;;/h18-22H,3-17H2,1-2H3,(H,25,26,27);;. The molecule has 0 fully saturated rings. The summed E-state index contributed by atoms with van der Waals surface area (Å²) in [6.45, 7) is 4.46. The zero-order valence-electron chi connectivity index (χ0n) is 18.2. The summed E-state index contributed by atoms with van der Waals surface area (Å²) in [5.41, 5.74) is 1.14. The maximum atomic E-state index is 11.1. The Morgan fingerprint density at radius 3 is 1.48 bits per heavy atom. The summed E-state index contributed by atoms with van der Waals surface area (Å²) in [5.74, 6) is 0.424. The van der Waals surface area contributed by atoms with E-state index in [9.17, 15) is 8.42 Å². The predicted octanol–water partition coefficient (Wildman–Crippen LogP) is 7.26. The van der Waals surface area contributed by atoms with E-state index < -0.39 is 10.1 Å². The van der Waals surface area contributed by atoms with Crippen LogP contribution in [0, 0.1) is 0 Å². The monoisotopic (exact) mass is 434 g/mol. The second-order valence-corrected chi connectivity index (χ2v) is 9.75. The van der Waals surface area contributed by atoms with Gasteiger partial charge in [-0.1, -0.05) is 116 Å². The molecule has 164 valence electrons. The van der Waals surface area contributed by atoms with Crippen LogP contribution in [0.15, 0.2) is 29.2 Å². The van der Waals surface area contributed by atoms with Gasteiger partial charge in [0.2, 0.25) is 0 Å². The molecule has 0 saturated heterocycles. The minimum absolute atomic E-state index is 0. The Morgan fingerprint density at radius 1 is 0.724 bits per heavy atom. The molecule has 0 aliphatic carbocycles. The SMILES string of the molecule is CCCCCCCCCCCCCCCCC(C)c1ccc(S(=O)(=O)O)cc1.[NaH]. The van der Waals surface area contributed by atoms with Crippen LogP contribution in [-0.4, -0.2) is 42.5 Å². The van der Waals surface area contributed by atoms with Crippen molar-refractivity contribution in [2.45, 2.75) is 121 Å². The summed E-state index contributed by atoms with van der Waals surface area (Å²) in [7, 11) is -4.09. The molecule has 1 aromatic carbocycles. The molecular weight excluding hydrogens is 391 g/mol. The van der Waals surface area contributed by atoms with E-state index in [4.69, 9.17) is 4.55 Å². The van der Waals surface area contributed by atoms with Crippen LogP contribution in [0.2, 0.25) is 0 Å². The number of rotatable bonds is 17. The van der Waals surface area contributed by atoms with Crippen molar-refractivity contribution < 1.29 is 13.0 Å². The van der Waals surface area contributed by atoms with Gasteiger partial charge in [0.15, 0.2) is 0 Å². The van der Waals surface area contributed by atoms with Gasteiger partial charge < -0.3 is 0 Å². The average molecular weight is 435 g/mol. The van der Waals surface area contributed by atoms with Gasteiger partial charge in [-0.25, -0.2) is 0 Å². The molecule has 29 heavy (non-hydrogen) atoms. The van der Waals surface area contributed by atoms with Crippen molar-refractivity contribution in [3.05, 3.63) is 29.8 Å². The second kappa shape index (κ2) is 17.8. The van der Waals surface area contributed by atoms with Gasteiger partial charge in [0.1, 0.15) is 0 Å². The first-order chi connectivity index (χ1) is 13.4. The van der Waals surface area contributed by atoms with Gasteiger partial charge in [0.25, 0.3) is 10.1 Å². The van der Waals surface area contributed by atoms with Gasteiger partial charge in [-0.15, -0.1) is 0 Å². The predicted molar refractivity (Wildman–Crippen MR) is 127 cm³/mol. The van der Waals surface area contributed by atoms with Crippen molar-refractivity contribution in [1.29, 1.82) is 0 Å². The van der Waals surface area contributed by atoms with Crippen LogP contribution in [0.5, 0.6) is 0 Å². The zero-order chi connectivity index (χ0) is 20.7. The molecule has 1 atom stereocenters. The van der Waals surface area contributed by atoms with Crippen LogP contribution < -0.4 is 0 Å². The van der Waals surface area contributed by atoms with E-state index in [1.54, 1.807) is 0 Å². The Kier molecular flexibility index (Phi) is 17.9. The molecule has 1 N–H and O–H groups in total. The van der Waals surface area contributed by atoms with Crippen LogP contribution in [0.1, 0.15) is 122 Å². The van der Waals surface area contributed by atoms with Gasteiger partial charge in [0.05, 0.1) is 4.90 Å². The number of hydrogen-bond donors (Lipinski definition) is 1. The number of unbranched alkanes of at least 4 members (excludes halogenated alkanes) is 13. The van der Waals surface area contributed by atoms with Crippen molar-refractivity contribution in [3.63, 3.8) is 0 Å². The van der Waals surface area contributed by atoms with Gasteiger partial charge >= 0.3 is 29.6 Å². The van der Waals surface area contributed by atoms with Crippen LogP contribution in [0.3, 0.4) is 0 Å². The molecule has 0 saturated carbocycles. The van der Waals surface area contributed by atoms with E-state index in [1.807, 2.05) is 12.1 Å². The van der Waals surface area contributed by atoms with E-state index in [0.717, 1.165) is 12.0 Å². The minimum atomic E-state index is -4.09. The molecule has 0 aliphatic heterocycles. The molecule has 0 radical (unpaired) electrons. The molecule has 1 unspecified atom stereocenters. The molecule has 0 amide bonds. The van der Waals surface area contributed by atoms with Crippen molar-refractivity contribution in [2.75, 3.05) is 0 Å². The molecule has 0 aromatic heterocycles. The Labute approximate surface area is 202 Å². The fraction of sp³-hybridized carbons (Fsp3) is 0.750. The van der Waals surface area contributed by atoms with Gasteiger partial charge in [-0.3, -0.25) is 4.55 Å². The summed E-state index contributed by atoms with van der Waals surface area (Å²) in [5, 5.41) is 0. The first kappa shape index (κ1) is 29.1. The van der Waals surface area contributed by atoms with Crippen LogP contribution >= 0.6 is 0 Å². The summed E-state index contributed by atoms with van der Waals surface area (Å²) < 4.78 is 31.2. The molecule has 0 heterocycles. The van der Waals surface area contributed by atoms with Crippen LogP contribution in [-0.2, 0) is 10.1 Å². The van der Waals surface area contributed by atoms with Crippen molar-refractivity contribution in [3.8, 4) is 0 Å². The van der Waals surface area contributed by atoms with E-state index in [2.05, 4.69) is 13.8 Å². The van der Waals surface area contributed by atoms with Gasteiger partial charge in [0, 0.05) is 0 Å². The average Bonchev–Trinajstić information content (AvgIpc) is 2.67. The summed E-state index contributed by atoms with van der Waals surface area (Å²) in [6, 6.07) is 6.62. The Hall–Kier alpha value is 0.130. The van der Waals surface area contributed by atoms with Crippen molar-refractivity contribution >= 4 is 39.7 Å². The maximum absolute atomic E-state index is 11.1. The van der Waals surface area contributed by atoms with Crippen LogP contribution in [0.25, 0.3) is 0 Å². The normalized spacial score (nSPS) is 12.5. The number of benzene rings is 1.